The minimum absolute atomic E-state index is 0.0610. The van der Waals surface area contributed by atoms with Gasteiger partial charge < -0.3 is 30.6 Å². The Morgan fingerprint density at radius 1 is 1.06 bits per heavy atom. The fraction of sp³-hybridized carbons (Fsp3) is 0.818. The van der Waals surface area contributed by atoms with Crippen LogP contribution in [0.4, 0.5) is 0 Å². The summed E-state index contributed by atoms with van der Waals surface area (Å²) in [6.45, 7) is -0.389. The highest BCUT2D eigenvalue weighted by atomic mass is 16.4. The van der Waals surface area contributed by atoms with Gasteiger partial charge in [0.1, 0.15) is 12.2 Å². The lowest BCUT2D eigenvalue weighted by Crippen LogP contribution is -2.52. The van der Waals surface area contributed by atoms with Crippen molar-refractivity contribution in [1.82, 2.24) is 0 Å². The standard InChI is InChI=1S/C11H18O6/c12-4-5-1-6(13)9(16)10(17)11(5)2-7(14)8(15)3-11/h1,6-10,12-17H,2-4H2/t6-,7-,8+,9+,10-,11?/m1/s1. The highest BCUT2D eigenvalue weighted by molar-refractivity contribution is 5.28. The summed E-state index contributed by atoms with van der Waals surface area (Å²) in [5.41, 5.74) is -0.690. The summed E-state index contributed by atoms with van der Waals surface area (Å²) >= 11 is 0. The molecule has 2 rings (SSSR count). The SMILES string of the molecule is OCC1=C[C@@H](O)[C@H](O)[C@@H](O)C12C[C@@H](O)[C@@H](O)C2. The van der Waals surface area contributed by atoms with Gasteiger partial charge in [0.2, 0.25) is 0 Å². The van der Waals surface area contributed by atoms with Crippen molar-refractivity contribution < 1.29 is 30.6 Å². The molecule has 0 amide bonds. The van der Waals surface area contributed by atoms with Crippen LogP contribution in [0.15, 0.2) is 11.6 Å². The lowest BCUT2D eigenvalue weighted by molar-refractivity contribution is -0.105. The molecule has 0 radical (unpaired) electrons. The molecular weight excluding hydrogens is 228 g/mol. The average molecular weight is 246 g/mol. The van der Waals surface area contributed by atoms with Gasteiger partial charge in [0, 0.05) is 5.41 Å². The summed E-state index contributed by atoms with van der Waals surface area (Å²) in [5.74, 6) is 0. The summed E-state index contributed by atoms with van der Waals surface area (Å²) in [6, 6.07) is 0. The Morgan fingerprint density at radius 3 is 2.06 bits per heavy atom. The summed E-state index contributed by atoms with van der Waals surface area (Å²) in [6.07, 6.45) is -4.50. The van der Waals surface area contributed by atoms with Gasteiger partial charge >= 0.3 is 0 Å². The van der Waals surface area contributed by atoms with Crippen LogP contribution in [0.1, 0.15) is 12.8 Å². The molecule has 1 saturated carbocycles. The van der Waals surface area contributed by atoms with Crippen molar-refractivity contribution in [3.8, 4) is 0 Å². The summed E-state index contributed by atoms with van der Waals surface area (Å²) in [5, 5.41) is 57.7. The molecule has 1 unspecified atom stereocenters. The van der Waals surface area contributed by atoms with Gasteiger partial charge in [-0.1, -0.05) is 6.08 Å². The van der Waals surface area contributed by atoms with Crippen molar-refractivity contribution in [1.29, 1.82) is 0 Å². The van der Waals surface area contributed by atoms with Gasteiger partial charge in [0.15, 0.2) is 0 Å². The zero-order chi connectivity index (χ0) is 12.8. The molecule has 0 saturated heterocycles. The van der Waals surface area contributed by atoms with Crippen molar-refractivity contribution in [3.63, 3.8) is 0 Å². The van der Waals surface area contributed by atoms with Gasteiger partial charge in [-0.15, -0.1) is 0 Å². The fourth-order valence-electron chi connectivity index (χ4n) is 2.99. The Kier molecular flexibility index (Phi) is 3.28. The maximum absolute atomic E-state index is 10.1. The van der Waals surface area contributed by atoms with E-state index in [-0.39, 0.29) is 19.4 Å². The normalized spacial score (nSPS) is 50.7. The topological polar surface area (TPSA) is 121 Å². The van der Waals surface area contributed by atoms with E-state index in [0.717, 1.165) is 0 Å². The highest BCUT2D eigenvalue weighted by Gasteiger charge is 2.55. The molecule has 0 bridgehead atoms. The van der Waals surface area contributed by atoms with Crippen LogP contribution in [0.3, 0.4) is 0 Å². The Balaban J connectivity index is 2.40. The molecule has 6 heteroatoms. The van der Waals surface area contributed by atoms with Crippen LogP contribution < -0.4 is 0 Å². The smallest absolute Gasteiger partial charge is 0.110 e. The Morgan fingerprint density at radius 2 is 1.59 bits per heavy atom. The van der Waals surface area contributed by atoms with Crippen LogP contribution in [-0.2, 0) is 0 Å². The molecule has 6 N–H and O–H groups in total. The van der Waals surface area contributed by atoms with Crippen molar-refractivity contribution in [2.75, 3.05) is 6.61 Å². The first kappa shape index (κ1) is 12.9. The molecule has 0 heterocycles. The van der Waals surface area contributed by atoms with Crippen LogP contribution >= 0.6 is 0 Å². The van der Waals surface area contributed by atoms with Crippen LogP contribution in [0.25, 0.3) is 0 Å². The minimum atomic E-state index is -1.37. The molecule has 2 aliphatic carbocycles. The number of hydrogen-bond donors (Lipinski definition) is 6. The molecule has 0 aromatic heterocycles. The number of rotatable bonds is 1. The van der Waals surface area contributed by atoms with Gasteiger partial charge in [-0.3, -0.25) is 0 Å². The second-order valence-electron chi connectivity index (χ2n) is 4.98. The first-order valence-corrected chi connectivity index (χ1v) is 5.65. The van der Waals surface area contributed by atoms with Crippen LogP contribution in [-0.4, -0.2) is 67.8 Å². The zero-order valence-corrected chi connectivity index (χ0v) is 9.27. The van der Waals surface area contributed by atoms with E-state index in [2.05, 4.69) is 0 Å². The minimum Gasteiger partial charge on any atom is -0.392 e. The van der Waals surface area contributed by atoms with Gasteiger partial charge in [-0.05, 0) is 18.4 Å². The zero-order valence-electron chi connectivity index (χ0n) is 9.27. The quantitative estimate of drug-likeness (QED) is 0.285. The third-order valence-corrected chi connectivity index (χ3v) is 4.01. The molecule has 2 aliphatic rings. The molecule has 17 heavy (non-hydrogen) atoms. The second-order valence-corrected chi connectivity index (χ2v) is 4.98. The summed E-state index contributed by atoms with van der Waals surface area (Å²) in [7, 11) is 0. The van der Waals surface area contributed by atoms with E-state index in [1.807, 2.05) is 0 Å². The largest absolute Gasteiger partial charge is 0.392 e. The van der Waals surface area contributed by atoms with E-state index in [0.29, 0.717) is 5.57 Å². The highest BCUT2D eigenvalue weighted by Crippen LogP contribution is 2.50. The first-order valence-electron chi connectivity index (χ1n) is 5.65. The predicted octanol–water partition coefficient (Wildman–Crippen LogP) is -2.50. The molecule has 0 aromatic carbocycles. The van der Waals surface area contributed by atoms with E-state index >= 15 is 0 Å². The maximum atomic E-state index is 10.1. The van der Waals surface area contributed by atoms with Crippen LogP contribution in [0.2, 0.25) is 0 Å². The van der Waals surface area contributed by atoms with E-state index in [1.165, 1.54) is 6.08 Å². The molecule has 0 aliphatic heterocycles. The lowest BCUT2D eigenvalue weighted by Gasteiger charge is -2.43. The fourth-order valence-corrected chi connectivity index (χ4v) is 2.99. The molecule has 98 valence electrons. The van der Waals surface area contributed by atoms with Gasteiger partial charge in [0.05, 0.1) is 24.9 Å². The number of hydrogen-bond acceptors (Lipinski definition) is 6. The Bertz CT molecular complexity index is 318. The Labute approximate surface area is 98.5 Å². The van der Waals surface area contributed by atoms with Crippen molar-refractivity contribution in [3.05, 3.63) is 11.6 Å². The molecule has 1 fully saturated rings. The lowest BCUT2D eigenvalue weighted by atomic mass is 9.67. The Hall–Kier alpha value is -0.500. The number of aliphatic hydroxyl groups is 6. The predicted molar refractivity (Wildman–Crippen MR) is 56.9 cm³/mol. The summed E-state index contributed by atoms with van der Waals surface area (Å²) < 4.78 is 0. The average Bonchev–Trinajstić information content (AvgIpc) is 2.59. The van der Waals surface area contributed by atoms with Gasteiger partial charge in [-0.2, -0.15) is 0 Å². The third kappa shape index (κ3) is 1.81. The maximum Gasteiger partial charge on any atom is 0.110 e. The van der Waals surface area contributed by atoms with E-state index in [1.54, 1.807) is 0 Å². The van der Waals surface area contributed by atoms with Gasteiger partial charge in [0.25, 0.3) is 0 Å². The van der Waals surface area contributed by atoms with Crippen LogP contribution in [0, 0.1) is 5.41 Å². The van der Waals surface area contributed by atoms with Crippen molar-refractivity contribution in [2.45, 2.75) is 43.4 Å². The summed E-state index contributed by atoms with van der Waals surface area (Å²) in [4.78, 5) is 0. The van der Waals surface area contributed by atoms with Gasteiger partial charge in [-0.25, -0.2) is 0 Å². The molecule has 6 atom stereocenters. The molecule has 0 aromatic rings. The second kappa shape index (κ2) is 4.31. The first-order chi connectivity index (χ1) is 7.92. The number of aliphatic hydroxyl groups excluding tert-OH is 6. The van der Waals surface area contributed by atoms with Crippen molar-refractivity contribution in [2.24, 2.45) is 5.41 Å². The van der Waals surface area contributed by atoms with E-state index in [9.17, 15) is 30.6 Å². The van der Waals surface area contributed by atoms with Crippen molar-refractivity contribution >= 4 is 0 Å². The molecular formula is C11H18O6. The molecule has 1 spiro atoms. The van der Waals surface area contributed by atoms with E-state index in [4.69, 9.17) is 0 Å². The monoisotopic (exact) mass is 246 g/mol. The van der Waals surface area contributed by atoms with Crippen LogP contribution in [0.5, 0.6) is 0 Å². The third-order valence-electron chi connectivity index (χ3n) is 4.01. The van der Waals surface area contributed by atoms with E-state index < -0.39 is 35.9 Å². The molecule has 6 nitrogen and oxygen atoms in total.